The van der Waals surface area contributed by atoms with Crippen LogP contribution in [0.4, 0.5) is 0 Å². The summed E-state index contributed by atoms with van der Waals surface area (Å²) in [6, 6.07) is 2.56. The Hall–Kier alpha value is -0.840. The second-order valence-electron chi connectivity index (χ2n) is 5.31. The number of nitrogens with zero attached hydrogens (tertiary/aromatic N) is 2. The largest absolute Gasteiger partial charge is 0.312 e. The van der Waals surface area contributed by atoms with E-state index in [-0.39, 0.29) is 6.04 Å². The lowest BCUT2D eigenvalue weighted by Crippen LogP contribution is -2.19. The number of likely N-dealkylation sites (N-methyl/N-ethyl adjacent to an activating group) is 1. The quantitative estimate of drug-likeness (QED) is 0.858. The van der Waals surface area contributed by atoms with Crippen LogP contribution in [-0.2, 0) is 19.4 Å². The molecule has 0 aliphatic rings. The molecule has 1 atom stereocenters. The fourth-order valence-corrected chi connectivity index (χ4v) is 4.02. The third kappa shape index (κ3) is 3.33. The van der Waals surface area contributed by atoms with E-state index in [0.29, 0.717) is 0 Å². The van der Waals surface area contributed by atoms with Gasteiger partial charge < -0.3 is 5.32 Å². The van der Waals surface area contributed by atoms with Crippen LogP contribution in [0.5, 0.6) is 0 Å². The Morgan fingerprint density at radius 1 is 1.38 bits per heavy atom. The van der Waals surface area contributed by atoms with Crippen molar-refractivity contribution >= 4 is 22.9 Å². The highest BCUT2D eigenvalue weighted by Crippen LogP contribution is 2.31. The molecule has 2 heterocycles. The maximum Gasteiger partial charge on any atom is 0.0850 e. The molecule has 21 heavy (non-hydrogen) atoms. The van der Waals surface area contributed by atoms with Crippen LogP contribution in [0, 0.1) is 13.8 Å². The van der Waals surface area contributed by atoms with Gasteiger partial charge in [-0.05, 0) is 45.9 Å². The molecule has 0 saturated carbocycles. The normalized spacial score (nSPS) is 12.9. The van der Waals surface area contributed by atoms with Crippen LogP contribution in [-0.4, -0.2) is 16.8 Å². The second-order valence-corrected chi connectivity index (χ2v) is 6.98. The van der Waals surface area contributed by atoms with Crippen molar-refractivity contribution in [2.45, 2.75) is 53.1 Å². The topological polar surface area (TPSA) is 29.9 Å². The summed E-state index contributed by atoms with van der Waals surface area (Å²) in [6.07, 6.45) is 1.75. The van der Waals surface area contributed by atoms with Crippen LogP contribution >= 0.6 is 22.9 Å². The van der Waals surface area contributed by atoms with Crippen molar-refractivity contribution < 1.29 is 0 Å². The Labute approximate surface area is 136 Å². The zero-order chi connectivity index (χ0) is 15.6. The molecule has 0 saturated heterocycles. The summed E-state index contributed by atoms with van der Waals surface area (Å²) in [7, 11) is 2.01. The van der Waals surface area contributed by atoms with Gasteiger partial charge in [0.15, 0.2) is 0 Å². The minimum Gasteiger partial charge on any atom is -0.312 e. The molecule has 2 aromatic rings. The lowest BCUT2D eigenvalue weighted by atomic mass is 10.1. The molecule has 0 fully saturated rings. The lowest BCUT2D eigenvalue weighted by Gasteiger charge is -2.15. The van der Waals surface area contributed by atoms with Gasteiger partial charge in [0.1, 0.15) is 0 Å². The van der Waals surface area contributed by atoms with Crippen LogP contribution in [0.15, 0.2) is 6.07 Å². The van der Waals surface area contributed by atoms with Crippen LogP contribution in [0.2, 0.25) is 5.02 Å². The van der Waals surface area contributed by atoms with Crippen molar-refractivity contribution in [1.82, 2.24) is 15.1 Å². The third-order valence-corrected chi connectivity index (χ3v) is 5.67. The second kappa shape index (κ2) is 6.95. The van der Waals surface area contributed by atoms with Gasteiger partial charge >= 0.3 is 0 Å². The van der Waals surface area contributed by atoms with Crippen molar-refractivity contribution in [2.24, 2.45) is 0 Å². The Morgan fingerprint density at radius 2 is 2.10 bits per heavy atom. The molecule has 0 aliphatic carbocycles. The van der Waals surface area contributed by atoms with Crippen LogP contribution < -0.4 is 5.32 Å². The zero-order valence-corrected chi connectivity index (χ0v) is 15.0. The van der Waals surface area contributed by atoms with E-state index in [2.05, 4.69) is 44.2 Å². The van der Waals surface area contributed by atoms with Gasteiger partial charge in [-0.1, -0.05) is 18.5 Å². The minimum atomic E-state index is 0.284. The molecule has 2 rings (SSSR count). The number of halogens is 1. The molecule has 0 radical (unpaired) electrons. The molecule has 0 aromatic carbocycles. The van der Waals surface area contributed by atoms with Crippen molar-refractivity contribution in [3.63, 3.8) is 0 Å². The predicted molar refractivity (Wildman–Crippen MR) is 91.6 cm³/mol. The Morgan fingerprint density at radius 3 is 2.57 bits per heavy atom. The molecule has 0 spiro atoms. The van der Waals surface area contributed by atoms with E-state index in [4.69, 9.17) is 11.6 Å². The fourth-order valence-electron chi connectivity index (χ4n) is 2.52. The van der Waals surface area contributed by atoms with Crippen molar-refractivity contribution in [1.29, 1.82) is 0 Å². The molecule has 0 bridgehead atoms. The van der Waals surface area contributed by atoms with E-state index >= 15 is 0 Å². The Bertz CT molecular complexity index is 596. The average molecular weight is 326 g/mol. The number of aromatic nitrogens is 2. The van der Waals surface area contributed by atoms with Gasteiger partial charge in [0, 0.05) is 28.8 Å². The van der Waals surface area contributed by atoms with Gasteiger partial charge in [0.2, 0.25) is 0 Å². The van der Waals surface area contributed by atoms with Gasteiger partial charge in [-0.25, -0.2) is 0 Å². The molecule has 1 N–H and O–H groups in total. The van der Waals surface area contributed by atoms with E-state index in [0.717, 1.165) is 35.8 Å². The summed E-state index contributed by atoms with van der Waals surface area (Å²) >= 11 is 8.39. The van der Waals surface area contributed by atoms with E-state index in [9.17, 15) is 0 Å². The van der Waals surface area contributed by atoms with E-state index < -0.39 is 0 Å². The van der Waals surface area contributed by atoms with Gasteiger partial charge in [0.05, 0.1) is 16.4 Å². The van der Waals surface area contributed by atoms with E-state index in [1.165, 1.54) is 15.3 Å². The Kier molecular flexibility index (Phi) is 5.47. The minimum absolute atomic E-state index is 0.284. The van der Waals surface area contributed by atoms with Gasteiger partial charge in [-0.2, -0.15) is 5.10 Å². The fraction of sp³-hybridized carbons (Fsp3) is 0.562. The maximum absolute atomic E-state index is 6.53. The number of hydrogen-bond donors (Lipinski definition) is 1. The summed E-state index contributed by atoms with van der Waals surface area (Å²) < 4.78 is 2.04. The van der Waals surface area contributed by atoms with Gasteiger partial charge in [-0.3, -0.25) is 4.68 Å². The molecule has 5 heteroatoms. The molecule has 116 valence electrons. The Balaban J connectivity index is 2.32. The van der Waals surface area contributed by atoms with Crippen LogP contribution in [0.3, 0.4) is 0 Å². The van der Waals surface area contributed by atoms with Crippen molar-refractivity contribution in [3.8, 4) is 0 Å². The van der Waals surface area contributed by atoms with Gasteiger partial charge in [-0.15, -0.1) is 11.3 Å². The maximum atomic E-state index is 6.53. The van der Waals surface area contributed by atoms with Gasteiger partial charge in [0.25, 0.3) is 0 Å². The van der Waals surface area contributed by atoms with E-state index in [1.54, 1.807) is 0 Å². The first-order valence-corrected chi connectivity index (χ1v) is 8.69. The highest BCUT2D eigenvalue weighted by molar-refractivity contribution is 7.12. The van der Waals surface area contributed by atoms with E-state index in [1.807, 2.05) is 23.1 Å². The first-order chi connectivity index (χ1) is 10.0. The monoisotopic (exact) mass is 325 g/mol. The van der Waals surface area contributed by atoms with Crippen molar-refractivity contribution in [2.75, 3.05) is 7.05 Å². The first-order valence-electron chi connectivity index (χ1n) is 7.49. The molecular formula is C16H24ClN3S. The average Bonchev–Trinajstić information content (AvgIpc) is 2.96. The molecular weight excluding hydrogens is 302 g/mol. The first kappa shape index (κ1) is 16.5. The van der Waals surface area contributed by atoms with Crippen molar-refractivity contribution in [3.05, 3.63) is 37.8 Å². The lowest BCUT2D eigenvalue weighted by molar-refractivity contribution is 0.546. The predicted octanol–water partition coefficient (Wildman–Crippen LogP) is 4.30. The molecule has 0 aliphatic heterocycles. The number of rotatable bonds is 6. The highest BCUT2D eigenvalue weighted by Gasteiger charge is 2.20. The number of hydrogen-bond acceptors (Lipinski definition) is 3. The standard InChI is InChI=1S/C16H24ClN3S/c1-6-12-16(17)14(20(7-2)19-12)9-13(18-5)15-8-10(3)11(4)21-15/h8,13,18H,6-7,9H2,1-5H3. The summed E-state index contributed by atoms with van der Waals surface area (Å²) in [5.41, 5.74) is 3.50. The summed E-state index contributed by atoms with van der Waals surface area (Å²) in [6.45, 7) is 9.41. The number of aryl methyl sites for hydroxylation is 4. The zero-order valence-electron chi connectivity index (χ0n) is 13.5. The number of nitrogens with one attached hydrogen (secondary N) is 1. The van der Waals surface area contributed by atoms with Crippen LogP contribution in [0.25, 0.3) is 0 Å². The summed E-state index contributed by atoms with van der Waals surface area (Å²) in [4.78, 5) is 2.75. The summed E-state index contributed by atoms with van der Waals surface area (Å²) in [5, 5.41) is 8.87. The number of thiophene rings is 1. The molecule has 0 amide bonds. The molecule has 3 nitrogen and oxygen atoms in total. The van der Waals surface area contributed by atoms with Crippen LogP contribution in [0.1, 0.15) is 46.6 Å². The highest BCUT2D eigenvalue weighted by atomic mass is 35.5. The SMILES string of the molecule is CCc1nn(CC)c(CC(NC)c2cc(C)c(C)s2)c1Cl. The molecule has 1 unspecified atom stereocenters. The smallest absolute Gasteiger partial charge is 0.0850 e. The third-order valence-electron chi connectivity index (χ3n) is 3.97. The molecule has 2 aromatic heterocycles. The summed E-state index contributed by atoms with van der Waals surface area (Å²) in [5.74, 6) is 0.